The number of carbonyl (C=O) groups excluding carboxylic acids is 3. The van der Waals surface area contributed by atoms with Crippen molar-refractivity contribution in [1.82, 2.24) is 10.2 Å². The Bertz CT molecular complexity index is 1990. The molecule has 10 heteroatoms. The van der Waals surface area contributed by atoms with Gasteiger partial charge in [-0.05, 0) is 65.3 Å². The molecule has 0 aliphatic carbocycles. The Kier molecular flexibility index (Phi) is 6.73. The largest absolute Gasteiger partial charge is 0.491 e. The normalized spacial score (nSPS) is 20.7. The van der Waals surface area contributed by atoms with Crippen molar-refractivity contribution in [3.8, 4) is 5.75 Å². The van der Waals surface area contributed by atoms with Crippen molar-refractivity contribution in [2.45, 2.75) is 37.9 Å². The number of fused-ring (bicyclic) bond motifs is 3. The molecule has 1 N–H and O–H groups in total. The van der Waals surface area contributed by atoms with E-state index in [1.54, 1.807) is 0 Å². The lowest BCUT2D eigenvalue weighted by Gasteiger charge is -2.45. The van der Waals surface area contributed by atoms with Gasteiger partial charge >= 0.3 is 0 Å². The molecule has 0 radical (unpaired) electrons. The first-order valence-corrected chi connectivity index (χ1v) is 15.5. The highest BCUT2D eigenvalue weighted by molar-refractivity contribution is 6.27. The first-order valence-electron chi connectivity index (χ1n) is 15.5. The molecular formula is C36H30FN5O4. The molecule has 1 unspecified atom stereocenters. The lowest BCUT2D eigenvalue weighted by molar-refractivity contribution is -0.134. The number of anilines is 2. The van der Waals surface area contributed by atoms with Crippen molar-refractivity contribution in [1.29, 1.82) is 0 Å². The number of ether oxygens (including phenoxy) is 1. The maximum Gasteiger partial charge on any atom is 0.259 e. The number of benzene rings is 4. The Balaban J connectivity index is 0.979. The van der Waals surface area contributed by atoms with Gasteiger partial charge in [0.15, 0.2) is 5.69 Å². The Hall–Kier alpha value is -5.27. The van der Waals surface area contributed by atoms with E-state index in [4.69, 9.17) is 11.3 Å². The van der Waals surface area contributed by atoms with Crippen molar-refractivity contribution in [3.63, 3.8) is 0 Å². The van der Waals surface area contributed by atoms with Gasteiger partial charge in [-0.25, -0.2) is 9.24 Å². The van der Waals surface area contributed by atoms with Gasteiger partial charge in [-0.1, -0.05) is 36.4 Å². The maximum absolute atomic E-state index is 14.9. The first-order chi connectivity index (χ1) is 22.4. The summed E-state index contributed by atoms with van der Waals surface area (Å²) in [6.07, 6.45) is 0.929. The third-order valence-corrected chi connectivity index (χ3v) is 9.58. The molecule has 4 aromatic rings. The molecule has 8 rings (SSSR count). The topological polar surface area (TPSA) is 86.5 Å². The SMILES string of the molecule is [C-]#[N+]c1ccc2c(c1)OC[C@H]1CN(Cc3ccc(Cc4ccc5c6c(cc(F)cc46)C(=O)N5C4CCC(=O)NC4=O)cc3)CCN21. The van der Waals surface area contributed by atoms with Crippen LogP contribution in [-0.4, -0.2) is 60.9 Å². The van der Waals surface area contributed by atoms with Gasteiger partial charge in [-0.2, -0.15) is 0 Å². The fraction of sp³-hybridized carbons (Fsp3) is 0.278. The predicted molar refractivity (Wildman–Crippen MR) is 171 cm³/mol. The average Bonchev–Trinajstić information content (AvgIpc) is 3.33. The monoisotopic (exact) mass is 615 g/mol. The van der Waals surface area contributed by atoms with E-state index in [-0.39, 0.29) is 30.4 Å². The number of imide groups is 1. The van der Waals surface area contributed by atoms with Crippen molar-refractivity contribution in [2.24, 2.45) is 0 Å². The van der Waals surface area contributed by atoms with Gasteiger partial charge in [-0.15, -0.1) is 0 Å². The van der Waals surface area contributed by atoms with E-state index >= 15 is 0 Å². The summed E-state index contributed by atoms with van der Waals surface area (Å²) in [6, 6.07) is 20.0. The molecule has 2 saturated heterocycles. The van der Waals surface area contributed by atoms with Crippen molar-refractivity contribution >= 4 is 45.6 Å². The number of halogens is 1. The Morgan fingerprint density at radius 1 is 0.957 bits per heavy atom. The molecule has 46 heavy (non-hydrogen) atoms. The second-order valence-corrected chi connectivity index (χ2v) is 12.4. The van der Waals surface area contributed by atoms with Crippen molar-refractivity contribution < 1.29 is 23.5 Å². The van der Waals surface area contributed by atoms with Crippen LogP contribution in [-0.2, 0) is 22.6 Å². The van der Waals surface area contributed by atoms with Crippen molar-refractivity contribution in [2.75, 3.05) is 36.0 Å². The van der Waals surface area contributed by atoms with Gasteiger partial charge in [0.25, 0.3) is 5.91 Å². The standard InChI is InChI=1S/C36H30FN5O4/c1-38-25-7-9-29-32(17-25)46-20-26-19-40(12-13-41(26)29)18-22-4-2-21(3-5-22)14-23-6-8-30-34-27(23)15-24(37)16-28(34)36(45)42(30)31-10-11-33(43)39-35(31)44/h2-9,15-17,26,31H,10-14,18-20H2,(H,39,43,44)/t26-,31?/m1/s1. The number of piperidine rings is 1. The second kappa shape index (κ2) is 11.0. The summed E-state index contributed by atoms with van der Waals surface area (Å²) in [6.45, 7) is 11.4. The van der Waals surface area contributed by atoms with Crippen molar-refractivity contribution in [3.05, 3.63) is 106 Å². The molecule has 0 aromatic heterocycles. The van der Waals surface area contributed by atoms with Gasteiger partial charge in [-0.3, -0.25) is 29.5 Å². The molecule has 4 aromatic carbocycles. The zero-order valence-corrected chi connectivity index (χ0v) is 25.0. The lowest BCUT2D eigenvalue weighted by atomic mass is 9.95. The van der Waals surface area contributed by atoms with Crippen LogP contribution in [0.1, 0.15) is 39.9 Å². The number of hydrogen-bond acceptors (Lipinski definition) is 6. The van der Waals surface area contributed by atoms with E-state index in [1.165, 1.54) is 22.6 Å². The van der Waals surface area contributed by atoms with Gasteiger partial charge in [0.2, 0.25) is 11.8 Å². The molecule has 0 bridgehead atoms. The maximum atomic E-state index is 14.9. The summed E-state index contributed by atoms with van der Waals surface area (Å²) in [5.41, 5.74) is 5.62. The van der Waals surface area contributed by atoms with E-state index in [2.05, 4.69) is 44.2 Å². The lowest BCUT2D eigenvalue weighted by Crippen LogP contribution is -2.56. The Labute approximate surface area is 265 Å². The van der Waals surface area contributed by atoms with Crippen LogP contribution in [0.3, 0.4) is 0 Å². The zero-order chi connectivity index (χ0) is 31.5. The van der Waals surface area contributed by atoms with Crippen LogP contribution in [0, 0.1) is 12.4 Å². The molecule has 230 valence electrons. The number of nitrogens with one attached hydrogen (secondary N) is 1. The highest BCUT2D eigenvalue weighted by Crippen LogP contribution is 2.42. The number of piperazine rings is 1. The summed E-state index contributed by atoms with van der Waals surface area (Å²) in [4.78, 5) is 47.6. The quantitative estimate of drug-likeness (QED) is 0.252. The smallest absolute Gasteiger partial charge is 0.259 e. The minimum atomic E-state index is -0.815. The Morgan fingerprint density at radius 3 is 2.57 bits per heavy atom. The Morgan fingerprint density at radius 2 is 1.76 bits per heavy atom. The first kappa shape index (κ1) is 28.2. The van der Waals surface area contributed by atoms with E-state index in [0.29, 0.717) is 35.2 Å². The highest BCUT2D eigenvalue weighted by atomic mass is 19.1. The molecule has 4 heterocycles. The molecule has 0 spiro atoms. The molecule has 4 aliphatic heterocycles. The number of rotatable bonds is 5. The van der Waals surface area contributed by atoms with Crippen LogP contribution in [0.2, 0.25) is 0 Å². The summed E-state index contributed by atoms with van der Waals surface area (Å²) < 4.78 is 20.9. The van der Waals surface area contributed by atoms with Crippen LogP contribution in [0.5, 0.6) is 5.75 Å². The minimum Gasteiger partial charge on any atom is -0.491 e. The number of nitrogens with zero attached hydrogens (tertiary/aromatic N) is 4. The fourth-order valence-corrected chi connectivity index (χ4v) is 7.36. The third-order valence-electron chi connectivity index (χ3n) is 9.58. The average molecular weight is 616 g/mol. The van der Waals surface area contributed by atoms with Crippen LogP contribution in [0.25, 0.3) is 15.6 Å². The fourth-order valence-electron chi connectivity index (χ4n) is 7.36. The summed E-state index contributed by atoms with van der Waals surface area (Å²) in [7, 11) is 0. The molecule has 2 atom stereocenters. The molecule has 3 amide bonds. The highest BCUT2D eigenvalue weighted by Gasteiger charge is 2.41. The predicted octanol–water partition coefficient (Wildman–Crippen LogP) is 4.97. The minimum absolute atomic E-state index is 0.146. The molecular weight excluding hydrogens is 585 g/mol. The van der Waals surface area contributed by atoms with Crippen LogP contribution in [0.15, 0.2) is 66.7 Å². The number of amides is 3. The molecule has 2 fully saturated rings. The molecule has 4 aliphatic rings. The van der Waals surface area contributed by atoms with Gasteiger partial charge in [0, 0.05) is 38.0 Å². The number of hydrogen-bond donors (Lipinski definition) is 1. The van der Waals surface area contributed by atoms with E-state index in [9.17, 15) is 18.8 Å². The van der Waals surface area contributed by atoms with E-state index in [0.717, 1.165) is 48.7 Å². The summed E-state index contributed by atoms with van der Waals surface area (Å²) >= 11 is 0. The van der Waals surface area contributed by atoms with Gasteiger partial charge in [0.05, 0.1) is 29.6 Å². The summed E-state index contributed by atoms with van der Waals surface area (Å²) in [5.74, 6) is -1.00. The van der Waals surface area contributed by atoms with Crippen LogP contribution in [0.4, 0.5) is 21.5 Å². The zero-order valence-electron chi connectivity index (χ0n) is 25.0. The molecule has 9 nitrogen and oxygen atoms in total. The van der Waals surface area contributed by atoms with Crippen LogP contribution < -0.4 is 19.9 Å². The van der Waals surface area contributed by atoms with E-state index in [1.807, 2.05) is 30.3 Å². The van der Waals surface area contributed by atoms with Crippen LogP contribution >= 0.6 is 0 Å². The second-order valence-electron chi connectivity index (χ2n) is 12.4. The third kappa shape index (κ3) is 4.75. The van der Waals surface area contributed by atoms with E-state index < -0.39 is 23.7 Å². The molecule has 0 saturated carbocycles. The van der Waals surface area contributed by atoms with Gasteiger partial charge < -0.3 is 9.64 Å². The van der Waals surface area contributed by atoms with Gasteiger partial charge in [0.1, 0.15) is 24.2 Å². The summed E-state index contributed by atoms with van der Waals surface area (Å²) in [5, 5.41) is 3.62. The number of carbonyl (C=O) groups is 3.